The molecular weight excluding hydrogens is 321 g/mol. The van der Waals surface area contributed by atoms with Crippen molar-refractivity contribution in [1.29, 1.82) is 0 Å². The average Bonchev–Trinajstić information content (AvgIpc) is 2.95. The highest BCUT2D eigenvalue weighted by Crippen LogP contribution is 2.27. The van der Waals surface area contributed by atoms with Crippen LogP contribution in [0.5, 0.6) is 5.88 Å². The maximum atomic E-state index is 13.3. The van der Waals surface area contributed by atoms with Gasteiger partial charge in [0, 0.05) is 30.4 Å². The number of aromatic hydroxyl groups is 1. The van der Waals surface area contributed by atoms with Gasteiger partial charge in [0.2, 0.25) is 0 Å². The van der Waals surface area contributed by atoms with E-state index < -0.39 is 0 Å². The molecule has 1 saturated heterocycles. The number of halogens is 1. The van der Waals surface area contributed by atoms with Gasteiger partial charge in [0.05, 0.1) is 30.0 Å². The summed E-state index contributed by atoms with van der Waals surface area (Å²) in [6.45, 7) is 3.28. The summed E-state index contributed by atoms with van der Waals surface area (Å²) < 4.78 is 18.6. The molecule has 25 heavy (non-hydrogen) atoms. The summed E-state index contributed by atoms with van der Waals surface area (Å²) in [6, 6.07) is 12.3. The number of nitrogens with one attached hydrogen (secondary N) is 1. The molecule has 0 aliphatic carbocycles. The Balaban J connectivity index is 1.56. The number of aliphatic imine (C=N–C) groups is 1. The van der Waals surface area contributed by atoms with E-state index in [2.05, 4.69) is 14.9 Å². The minimum atomic E-state index is -0.351. The molecule has 2 N–H and O–H groups in total. The Morgan fingerprint density at radius 2 is 1.88 bits per heavy atom. The second kappa shape index (κ2) is 6.57. The Hall–Kier alpha value is -2.86. The van der Waals surface area contributed by atoms with Gasteiger partial charge in [0.1, 0.15) is 5.82 Å². The summed E-state index contributed by atoms with van der Waals surface area (Å²) in [6.07, 6.45) is 1.59. The highest BCUT2D eigenvalue weighted by atomic mass is 19.1. The molecular formula is C19H18FN3O2. The summed E-state index contributed by atoms with van der Waals surface area (Å²) in [7, 11) is 0. The van der Waals surface area contributed by atoms with Gasteiger partial charge < -0.3 is 19.7 Å². The number of rotatable bonds is 3. The highest BCUT2D eigenvalue weighted by Gasteiger charge is 2.11. The maximum Gasteiger partial charge on any atom is 0.198 e. The number of anilines is 1. The highest BCUT2D eigenvalue weighted by molar-refractivity contribution is 6.02. The van der Waals surface area contributed by atoms with E-state index in [4.69, 9.17) is 4.74 Å². The molecule has 0 saturated carbocycles. The zero-order chi connectivity index (χ0) is 17.2. The van der Waals surface area contributed by atoms with Crippen molar-refractivity contribution >= 4 is 28.5 Å². The van der Waals surface area contributed by atoms with Gasteiger partial charge in [-0.3, -0.25) is 4.99 Å². The zero-order valence-corrected chi connectivity index (χ0v) is 13.6. The average molecular weight is 339 g/mol. The molecule has 1 aromatic heterocycles. The molecule has 0 spiro atoms. The van der Waals surface area contributed by atoms with Gasteiger partial charge in [0.25, 0.3) is 0 Å². The van der Waals surface area contributed by atoms with Gasteiger partial charge in [-0.1, -0.05) is 0 Å². The quantitative estimate of drug-likeness (QED) is 0.717. The first-order chi connectivity index (χ1) is 12.2. The summed E-state index contributed by atoms with van der Waals surface area (Å²) >= 11 is 0. The smallest absolute Gasteiger partial charge is 0.198 e. The van der Waals surface area contributed by atoms with E-state index in [-0.39, 0.29) is 11.7 Å². The third-order valence-corrected chi connectivity index (χ3v) is 4.35. The van der Waals surface area contributed by atoms with Gasteiger partial charge in [-0.15, -0.1) is 0 Å². The molecule has 2 aromatic carbocycles. The Morgan fingerprint density at radius 1 is 1.12 bits per heavy atom. The van der Waals surface area contributed by atoms with Gasteiger partial charge in [-0.25, -0.2) is 4.39 Å². The minimum absolute atomic E-state index is 0.0192. The monoisotopic (exact) mass is 339 g/mol. The van der Waals surface area contributed by atoms with Crippen LogP contribution < -0.4 is 4.90 Å². The SMILES string of the molecule is Oc1[nH]c2cc(F)ccc2c1C=Nc1ccc(N2CCOCC2)cc1. The Bertz CT molecular complexity index is 912. The van der Waals surface area contributed by atoms with Crippen LogP contribution in [-0.2, 0) is 4.74 Å². The number of H-pyrrole nitrogens is 1. The van der Waals surface area contributed by atoms with E-state index in [1.54, 1.807) is 12.3 Å². The fourth-order valence-corrected chi connectivity index (χ4v) is 3.02. The first kappa shape index (κ1) is 15.7. The normalized spacial score (nSPS) is 15.3. The number of nitrogens with zero attached hydrogens (tertiary/aromatic N) is 2. The molecule has 3 aromatic rings. The lowest BCUT2D eigenvalue weighted by molar-refractivity contribution is 0.122. The van der Waals surface area contributed by atoms with Crippen LogP contribution in [0.2, 0.25) is 0 Å². The third kappa shape index (κ3) is 3.21. The number of ether oxygens (including phenoxy) is 1. The molecule has 0 unspecified atom stereocenters. The van der Waals surface area contributed by atoms with Crippen LogP contribution in [-0.4, -0.2) is 42.6 Å². The second-order valence-corrected chi connectivity index (χ2v) is 5.95. The molecule has 4 rings (SSSR count). The number of fused-ring (bicyclic) bond motifs is 1. The van der Waals surface area contributed by atoms with Crippen LogP contribution in [0.4, 0.5) is 15.8 Å². The van der Waals surface area contributed by atoms with Gasteiger partial charge in [-0.05, 0) is 42.5 Å². The molecule has 1 fully saturated rings. The van der Waals surface area contributed by atoms with Crippen LogP contribution in [0.25, 0.3) is 10.9 Å². The standard InChI is InChI=1S/C19H18FN3O2/c20-13-1-6-16-17(19(24)22-18(16)11-13)12-21-14-2-4-15(5-3-14)23-7-9-25-10-8-23/h1-6,11-12,22,24H,7-10H2. The molecule has 6 heteroatoms. The van der Waals surface area contributed by atoms with Crippen molar-refractivity contribution < 1.29 is 14.2 Å². The molecule has 0 radical (unpaired) electrons. The molecule has 2 heterocycles. The summed E-state index contributed by atoms with van der Waals surface area (Å²) in [4.78, 5) is 9.46. The molecule has 1 aliphatic heterocycles. The van der Waals surface area contributed by atoms with Crippen molar-refractivity contribution in [1.82, 2.24) is 4.98 Å². The van der Waals surface area contributed by atoms with E-state index in [0.717, 1.165) is 43.1 Å². The van der Waals surface area contributed by atoms with Crippen molar-refractivity contribution in [3.05, 3.63) is 53.8 Å². The minimum Gasteiger partial charge on any atom is -0.494 e. The van der Waals surface area contributed by atoms with Crippen LogP contribution in [0.3, 0.4) is 0 Å². The van der Waals surface area contributed by atoms with Gasteiger partial charge in [-0.2, -0.15) is 0 Å². The van der Waals surface area contributed by atoms with Gasteiger partial charge in [0.15, 0.2) is 5.88 Å². The van der Waals surface area contributed by atoms with Crippen molar-refractivity contribution in [2.75, 3.05) is 31.2 Å². The van der Waals surface area contributed by atoms with Crippen LogP contribution >= 0.6 is 0 Å². The van der Waals surface area contributed by atoms with E-state index in [9.17, 15) is 9.50 Å². The lowest BCUT2D eigenvalue weighted by Gasteiger charge is -2.28. The summed E-state index contributed by atoms with van der Waals surface area (Å²) in [5.74, 6) is -0.370. The van der Waals surface area contributed by atoms with Crippen LogP contribution in [0.15, 0.2) is 47.5 Å². The fourth-order valence-electron chi connectivity index (χ4n) is 3.02. The van der Waals surface area contributed by atoms with Crippen LogP contribution in [0, 0.1) is 5.82 Å². The number of aromatic amines is 1. The first-order valence-electron chi connectivity index (χ1n) is 8.18. The predicted octanol–water partition coefficient (Wildman–Crippen LogP) is 3.60. The predicted molar refractivity (Wildman–Crippen MR) is 96.6 cm³/mol. The number of hydrogen-bond acceptors (Lipinski definition) is 4. The Labute approximate surface area is 144 Å². The lowest BCUT2D eigenvalue weighted by atomic mass is 10.2. The number of benzene rings is 2. The van der Waals surface area contributed by atoms with Crippen molar-refractivity contribution in [2.24, 2.45) is 4.99 Å². The number of morpholine rings is 1. The third-order valence-electron chi connectivity index (χ3n) is 4.35. The molecule has 5 nitrogen and oxygen atoms in total. The summed E-state index contributed by atoms with van der Waals surface area (Å²) in [5.41, 5.74) is 3.02. The fraction of sp³-hybridized carbons (Fsp3) is 0.211. The van der Waals surface area contributed by atoms with Gasteiger partial charge >= 0.3 is 0 Å². The topological polar surface area (TPSA) is 60.8 Å². The van der Waals surface area contributed by atoms with E-state index >= 15 is 0 Å². The molecule has 0 atom stereocenters. The first-order valence-corrected chi connectivity index (χ1v) is 8.18. The van der Waals surface area contributed by atoms with E-state index in [1.807, 2.05) is 24.3 Å². The molecule has 0 amide bonds. The maximum absolute atomic E-state index is 13.3. The number of hydrogen-bond donors (Lipinski definition) is 2. The van der Waals surface area contributed by atoms with E-state index in [1.165, 1.54) is 12.1 Å². The van der Waals surface area contributed by atoms with Crippen LogP contribution in [0.1, 0.15) is 5.56 Å². The molecule has 0 bridgehead atoms. The number of aromatic nitrogens is 1. The zero-order valence-electron chi connectivity index (χ0n) is 13.6. The Kier molecular flexibility index (Phi) is 4.11. The van der Waals surface area contributed by atoms with Crippen molar-refractivity contribution in [3.63, 3.8) is 0 Å². The second-order valence-electron chi connectivity index (χ2n) is 5.95. The van der Waals surface area contributed by atoms with E-state index in [0.29, 0.717) is 11.1 Å². The largest absolute Gasteiger partial charge is 0.494 e. The molecule has 1 aliphatic rings. The Morgan fingerprint density at radius 3 is 2.64 bits per heavy atom. The van der Waals surface area contributed by atoms with Crippen molar-refractivity contribution in [2.45, 2.75) is 0 Å². The van der Waals surface area contributed by atoms with Crippen molar-refractivity contribution in [3.8, 4) is 5.88 Å². The summed E-state index contributed by atoms with van der Waals surface area (Å²) in [5, 5.41) is 10.8. The molecule has 128 valence electrons. The lowest BCUT2D eigenvalue weighted by Crippen LogP contribution is -2.36.